The first kappa shape index (κ1) is 12.1. The van der Waals surface area contributed by atoms with Gasteiger partial charge in [-0.2, -0.15) is 0 Å². The van der Waals surface area contributed by atoms with Crippen molar-refractivity contribution in [1.82, 2.24) is 9.97 Å². The lowest BCUT2D eigenvalue weighted by Gasteiger charge is -2.28. The van der Waals surface area contributed by atoms with E-state index in [4.69, 9.17) is 4.74 Å². The average Bonchev–Trinajstić information content (AvgIpc) is 2.38. The molecule has 0 radical (unpaired) electrons. The lowest BCUT2D eigenvalue weighted by atomic mass is 10.4. The highest BCUT2D eigenvalue weighted by Crippen LogP contribution is 2.31. The molecule has 1 aromatic heterocycles. The molecular weight excluding hydrogens is 240 g/mol. The fraction of sp³-hybridized carbons (Fsp3) is 0.600. The van der Waals surface area contributed by atoms with Gasteiger partial charge in [0.25, 0.3) is 0 Å². The van der Waals surface area contributed by atoms with E-state index in [0.29, 0.717) is 23.1 Å². The smallest absolute Gasteiger partial charge is 0.204 e. The second-order valence-corrected chi connectivity index (χ2v) is 5.36. The summed E-state index contributed by atoms with van der Waals surface area (Å²) in [4.78, 5) is 10.4. The second-order valence-electron chi connectivity index (χ2n) is 3.66. The van der Waals surface area contributed by atoms with Gasteiger partial charge < -0.3 is 15.0 Å². The maximum Gasteiger partial charge on any atom is 0.204 e. The van der Waals surface area contributed by atoms with Crippen molar-refractivity contribution in [3.63, 3.8) is 0 Å². The van der Waals surface area contributed by atoms with Crippen molar-refractivity contribution in [2.24, 2.45) is 0 Å². The van der Waals surface area contributed by atoms with Gasteiger partial charge in [0.15, 0.2) is 11.6 Å². The topological polar surface area (TPSA) is 67.4 Å². The lowest BCUT2D eigenvalue weighted by Crippen LogP contribution is -2.38. The minimum Gasteiger partial charge on any atom is -0.490 e. The number of hydrogen-bond donors (Lipinski definition) is 1. The van der Waals surface area contributed by atoms with Crippen molar-refractivity contribution >= 4 is 22.4 Å². The summed E-state index contributed by atoms with van der Waals surface area (Å²) in [5.41, 5.74) is 0. The number of ether oxygens (including phenoxy) is 1. The van der Waals surface area contributed by atoms with Crippen molar-refractivity contribution in [2.45, 2.75) is 0 Å². The van der Waals surface area contributed by atoms with E-state index in [0.717, 1.165) is 18.9 Å². The quantitative estimate of drug-likeness (QED) is 0.827. The van der Waals surface area contributed by atoms with Gasteiger partial charge in [0.1, 0.15) is 6.33 Å². The van der Waals surface area contributed by atoms with Gasteiger partial charge in [-0.15, -0.1) is 0 Å². The molecule has 1 aromatic rings. The number of hydrogen-bond acceptors (Lipinski definition) is 6. The van der Waals surface area contributed by atoms with Gasteiger partial charge in [0.2, 0.25) is 5.75 Å². The molecule has 1 fully saturated rings. The largest absolute Gasteiger partial charge is 0.490 e. The summed E-state index contributed by atoms with van der Waals surface area (Å²) in [7, 11) is 2.70. The van der Waals surface area contributed by atoms with Crippen LogP contribution in [0.2, 0.25) is 0 Å². The van der Waals surface area contributed by atoms with Crippen molar-refractivity contribution in [1.29, 1.82) is 0 Å². The summed E-state index contributed by atoms with van der Waals surface area (Å²) in [5.74, 6) is 3.44. The standard InChI is InChI=1S/C10H16N4O2S/c1-11-9-8(16-2)10(13-7-12-9)14-3-5-17(15)6-4-14/h7H,3-6H2,1-2H3,(H,11,12,13). The molecule has 0 saturated carbocycles. The Morgan fingerprint density at radius 2 is 2.12 bits per heavy atom. The Morgan fingerprint density at radius 3 is 2.71 bits per heavy atom. The molecule has 0 atom stereocenters. The van der Waals surface area contributed by atoms with Crippen molar-refractivity contribution < 1.29 is 8.95 Å². The molecule has 0 aromatic carbocycles. The Labute approximate surface area is 103 Å². The molecule has 1 N–H and O–H groups in total. The molecule has 0 aliphatic carbocycles. The molecule has 17 heavy (non-hydrogen) atoms. The Kier molecular flexibility index (Phi) is 3.78. The van der Waals surface area contributed by atoms with E-state index >= 15 is 0 Å². The van der Waals surface area contributed by atoms with Gasteiger partial charge in [0.05, 0.1) is 7.11 Å². The molecule has 0 spiro atoms. The average molecular weight is 256 g/mol. The summed E-state index contributed by atoms with van der Waals surface area (Å²) in [6.45, 7) is 1.48. The first-order valence-electron chi connectivity index (χ1n) is 5.43. The zero-order chi connectivity index (χ0) is 12.3. The Morgan fingerprint density at radius 1 is 1.41 bits per heavy atom. The molecular formula is C10H16N4O2S. The fourth-order valence-electron chi connectivity index (χ4n) is 1.81. The van der Waals surface area contributed by atoms with Crippen LogP contribution >= 0.6 is 0 Å². The van der Waals surface area contributed by atoms with Crippen LogP contribution in [-0.2, 0) is 10.8 Å². The van der Waals surface area contributed by atoms with Crippen molar-refractivity contribution in [2.75, 3.05) is 49.0 Å². The summed E-state index contributed by atoms with van der Waals surface area (Å²) < 4.78 is 16.7. The van der Waals surface area contributed by atoms with E-state index in [9.17, 15) is 4.21 Å². The van der Waals surface area contributed by atoms with E-state index in [1.807, 2.05) is 0 Å². The monoisotopic (exact) mass is 256 g/mol. The molecule has 2 heterocycles. The predicted molar refractivity (Wildman–Crippen MR) is 68.2 cm³/mol. The molecule has 0 amide bonds. The van der Waals surface area contributed by atoms with Gasteiger partial charge >= 0.3 is 0 Å². The third-order valence-corrected chi connectivity index (χ3v) is 3.98. The van der Waals surface area contributed by atoms with Crippen LogP contribution in [0.4, 0.5) is 11.6 Å². The predicted octanol–water partition coefficient (Wildman–Crippen LogP) is 0.0956. The number of methoxy groups -OCH3 is 1. The van der Waals surface area contributed by atoms with Crippen LogP contribution in [0.1, 0.15) is 0 Å². The van der Waals surface area contributed by atoms with Gasteiger partial charge in [-0.25, -0.2) is 9.97 Å². The number of nitrogens with one attached hydrogen (secondary N) is 1. The molecule has 7 heteroatoms. The van der Waals surface area contributed by atoms with E-state index in [1.54, 1.807) is 14.2 Å². The number of anilines is 2. The van der Waals surface area contributed by atoms with Crippen LogP contribution < -0.4 is 15.0 Å². The molecule has 6 nitrogen and oxygen atoms in total. The zero-order valence-corrected chi connectivity index (χ0v) is 10.8. The molecule has 1 aliphatic rings. The number of nitrogens with zero attached hydrogens (tertiary/aromatic N) is 3. The Bertz CT molecular complexity index is 417. The summed E-state index contributed by atoms with van der Waals surface area (Å²) in [6.07, 6.45) is 1.51. The van der Waals surface area contributed by atoms with Crippen LogP contribution in [0.25, 0.3) is 0 Å². The van der Waals surface area contributed by atoms with Gasteiger partial charge in [-0.1, -0.05) is 0 Å². The minimum atomic E-state index is -0.692. The minimum absolute atomic E-state index is 0.641. The van der Waals surface area contributed by atoms with Gasteiger partial charge in [-0.3, -0.25) is 4.21 Å². The highest BCUT2D eigenvalue weighted by atomic mass is 32.2. The highest BCUT2D eigenvalue weighted by Gasteiger charge is 2.21. The molecule has 94 valence electrons. The van der Waals surface area contributed by atoms with Crippen molar-refractivity contribution in [3.8, 4) is 5.75 Å². The summed E-state index contributed by atoms with van der Waals surface area (Å²) >= 11 is 0. The van der Waals surface area contributed by atoms with E-state index in [1.165, 1.54) is 6.33 Å². The molecule has 0 unspecified atom stereocenters. The molecule has 1 saturated heterocycles. The summed E-state index contributed by atoms with van der Waals surface area (Å²) in [5, 5.41) is 2.97. The first-order valence-corrected chi connectivity index (χ1v) is 6.91. The lowest BCUT2D eigenvalue weighted by molar-refractivity contribution is 0.412. The maximum atomic E-state index is 11.3. The molecule has 0 bridgehead atoms. The second kappa shape index (κ2) is 5.31. The Balaban J connectivity index is 2.28. The van der Waals surface area contributed by atoms with Gasteiger partial charge in [0, 0.05) is 42.4 Å². The zero-order valence-electron chi connectivity index (χ0n) is 9.97. The van der Waals surface area contributed by atoms with E-state index in [-0.39, 0.29) is 0 Å². The van der Waals surface area contributed by atoms with Crippen molar-refractivity contribution in [3.05, 3.63) is 6.33 Å². The highest BCUT2D eigenvalue weighted by molar-refractivity contribution is 7.85. The third kappa shape index (κ3) is 2.49. The van der Waals surface area contributed by atoms with Crippen LogP contribution in [-0.4, -0.2) is 52.9 Å². The van der Waals surface area contributed by atoms with Crippen LogP contribution in [0, 0.1) is 0 Å². The van der Waals surface area contributed by atoms with E-state index in [2.05, 4.69) is 20.2 Å². The normalized spacial score (nSPS) is 16.9. The molecule has 2 rings (SSSR count). The SMILES string of the molecule is CNc1ncnc(N2CCS(=O)CC2)c1OC. The fourth-order valence-corrected chi connectivity index (χ4v) is 2.86. The van der Waals surface area contributed by atoms with Crippen LogP contribution in [0.15, 0.2) is 6.33 Å². The summed E-state index contributed by atoms with van der Waals surface area (Å²) in [6, 6.07) is 0. The number of rotatable bonds is 3. The van der Waals surface area contributed by atoms with E-state index < -0.39 is 10.8 Å². The maximum absolute atomic E-state index is 11.3. The van der Waals surface area contributed by atoms with Crippen LogP contribution in [0.5, 0.6) is 5.75 Å². The Hall–Kier alpha value is -1.37. The van der Waals surface area contributed by atoms with Crippen LogP contribution in [0.3, 0.4) is 0 Å². The number of aromatic nitrogens is 2. The third-order valence-electron chi connectivity index (χ3n) is 2.70. The molecule has 1 aliphatic heterocycles. The first-order chi connectivity index (χ1) is 8.26. The van der Waals surface area contributed by atoms with Gasteiger partial charge in [-0.05, 0) is 0 Å².